The highest BCUT2D eigenvalue weighted by molar-refractivity contribution is 7.57. The first kappa shape index (κ1) is 59.9. The van der Waals surface area contributed by atoms with E-state index in [9.17, 15) is 24.0 Å². The topological polar surface area (TPSA) is 185 Å². The highest BCUT2D eigenvalue weighted by Gasteiger charge is 2.44. The van der Waals surface area contributed by atoms with Crippen LogP contribution in [-0.4, -0.2) is 92.8 Å². The highest BCUT2D eigenvalue weighted by atomic mass is 31.1. The molecule has 6 rings (SSSR count). The Labute approximate surface area is 458 Å². The smallest absolute Gasteiger partial charge is 0.407 e. The summed E-state index contributed by atoms with van der Waals surface area (Å²) in [7, 11) is -0.295. The summed E-state index contributed by atoms with van der Waals surface area (Å²) in [4.78, 5) is 75.2. The molecule has 0 radical (unpaired) electrons. The van der Waals surface area contributed by atoms with Crippen molar-refractivity contribution < 1.29 is 42.9 Å². The van der Waals surface area contributed by atoms with E-state index in [0.717, 1.165) is 63.9 Å². The number of alkyl carbamates (subject to hydrolysis) is 1. The van der Waals surface area contributed by atoms with Gasteiger partial charge in [0.2, 0.25) is 5.91 Å². The molecule has 14 heteroatoms. The largest absolute Gasteiger partial charge is 0.493 e. The predicted molar refractivity (Wildman–Crippen MR) is 311 cm³/mol. The molecule has 0 unspecified atom stereocenters. The number of carbonyl (C=O) groups excluding carboxylic acids is 5. The highest BCUT2D eigenvalue weighted by Crippen LogP contribution is 2.46. The molecule has 0 spiro atoms. The Hall–Kier alpha value is -6.33. The normalized spacial score (nSPS) is 14.5. The maximum Gasteiger partial charge on any atom is 0.407 e. The van der Waals surface area contributed by atoms with Gasteiger partial charge < -0.3 is 35.3 Å². The molecular formula is C63H83N4O9P. The molecule has 77 heavy (non-hydrogen) atoms. The minimum absolute atomic E-state index is 0.0873. The van der Waals surface area contributed by atoms with Crippen LogP contribution in [0.15, 0.2) is 108 Å². The fourth-order valence-electron chi connectivity index (χ4n) is 10.0. The molecule has 1 fully saturated rings. The van der Waals surface area contributed by atoms with Crippen LogP contribution in [-0.2, 0) is 35.3 Å². The Morgan fingerprint density at radius 2 is 1.36 bits per heavy atom. The van der Waals surface area contributed by atoms with Crippen molar-refractivity contribution in [3.05, 3.63) is 109 Å². The number of ether oxygens (including phenoxy) is 4. The number of amidine groups is 1. The lowest BCUT2D eigenvalue weighted by Crippen LogP contribution is -2.47. The van der Waals surface area contributed by atoms with E-state index in [1.165, 1.54) is 0 Å². The second-order valence-electron chi connectivity index (χ2n) is 22.4. The summed E-state index contributed by atoms with van der Waals surface area (Å²) in [6.07, 6.45) is 6.29. The fourth-order valence-corrected chi connectivity index (χ4v) is 10.8. The average molecular weight is 1070 g/mol. The van der Waals surface area contributed by atoms with E-state index >= 15 is 0 Å². The number of hydrogen-bond donors (Lipinski definition) is 3. The van der Waals surface area contributed by atoms with E-state index in [0.29, 0.717) is 81.2 Å². The number of carbonyl (C=O) groups is 5. The van der Waals surface area contributed by atoms with Crippen molar-refractivity contribution in [2.24, 2.45) is 28.0 Å². The fraction of sp³-hybridized carbons (Fsp3) is 0.492. The molecule has 4 N–H and O–H groups in total. The summed E-state index contributed by atoms with van der Waals surface area (Å²) in [5, 5.41) is 9.82. The minimum atomic E-state index is -1.03. The Balaban J connectivity index is 1.26. The first-order chi connectivity index (χ1) is 36.9. The number of unbranched alkanes of at least 4 members (excludes halogenated alkanes) is 1. The molecule has 0 bridgehead atoms. The molecule has 1 saturated carbocycles. The Morgan fingerprint density at radius 3 is 1.99 bits per heavy atom. The number of Topliss-reactive ketones (excluding diaryl/α,β-unsaturated/α-hetero) is 2. The van der Waals surface area contributed by atoms with E-state index in [4.69, 9.17) is 24.7 Å². The van der Waals surface area contributed by atoms with Crippen molar-refractivity contribution in [1.29, 1.82) is 0 Å². The van der Waals surface area contributed by atoms with Gasteiger partial charge >= 0.3 is 12.1 Å². The second-order valence-corrected chi connectivity index (χ2v) is 24.8. The standard InChI is InChI=1S/C63H83N4O9P/c1-44(2)33-38-73-54-31-29-46-23-12-14-26-50(46)57(54)58-51-27-15-13-24-47(51)30-32-55(58)74-42-49(68)39-48(25-16-19-36-66-61(72)76-62(3,4)5)59(70)67-52(28-20-37-65-56(64)43-77(6)7)53(69)40-63(34-17-9-18-35-63)60(71)75-41-45-21-10-8-11-22-45/h8,10-15,21-24,26-27,29-32,44,48,52H,9,16-20,25,28,33-43H2,1-7H3,(H2,64,65)(H,66,72)(H,67,70)/t48-,52+/m0/s1. The van der Waals surface area contributed by atoms with E-state index in [1.807, 2.05) is 84.9 Å². The number of nitrogens with zero attached hydrogens (tertiary/aromatic N) is 1. The Bertz CT molecular complexity index is 2780. The first-order valence-corrected chi connectivity index (χ1v) is 30.1. The summed E-state index contributed by atoms with van der Waals surface area (Å²) in [5.74, 6) is -0.0498. The van der Waals surface area contributed by atoms with Gasteiger partial charge in [-0.2, -0.15) is 0 Å². The van der Waals surface area contributed by atoms with E-state index < -0.39 is 40.9 Å². The number of esters is 1. The zero-order valence-corrected chi connectivity index (χ0v) is 47.5. The summed E-state index contributed by atoms with van der Waals surface area (Å²) in [6, 6.07) is 32.7. The van der Waals surface area contributed by atoms with Crippen molar-refractivity contribution in [2.45, 2.75) is 136 Å². The van der Waals surface area contributed by atoms with Crippen molar-refractivity contribution >= 4 is 64.8 Å². The lowest BCUT2D eigenvalue weighted by molar-refractivity contribution is -0.162. The van der Waals surface area contributed by atoms with Gasteiger partial charge in [-0.1, -0.05) is 131 Å². The molecule has 5 aromatic rings. The van der Waals surface area contributed by atoms with Gasteiger partial charge in [-0.3, -0.25) is 24.2 Å². The van der Waals surface area contributed by atoms with Gasteiger partial charge in [0.05, 0.1) is 23.9 Å². The molecule has 2 atom stereocenters. The predicted octanol–water partition coefficient (Wildman–Crippen LogP) is 12.8. The van der Waals surface area contributed by atoms with Crippen LogP contribution in [0.5, 0.6) is 11.5 Å². The summed E-state index contributed by atoms with van der Waals surface area (Å²) in [5.41, 5.74) is 7.08. The number of ketones is 2. The van der Waals surface area contributed by atoms with E-state index in [-0.39, 0.29) is 58.4 Å². The lowest BCUT2D eigenvalue weighted by atomic mass is 9.70. The van der Waals surface area contributed by atoms with Crippen molar-refractivity contribution in [3.63, 3.8) is 0 Å². The number of aliphatic imine (C=N–C) groups is 1. The number of benzene rings is 5. The maximum atomic E-state index is 14.8. The van der Waals surface area contributed by atoms with Crippen LogP contribution in [0.25, 0.3) is 32.7 Å². The summed E-state index contributed by atoms with van der Waals surface area (Å²) in [6.45, 7) is 14.9. The lowest BCUT2D eigenvalue weighted by Gasteiger charge is -2.35. The molecule has 0 saturated heterocycles. The number of hydrogen-bond acceptors (Lipinski definition) is 10. The molecule has 1 aliphatic carbocycles. The van der Waals surface area contributed by atoms with Gasteiger partial charge in [-0.15, -0.1) is 7.92 Å². The van der Waals surface area contributed by atoms with Crippen molar-refractivity contribution in [3.8, 4) is 22.6 Å². The van der Waals surface area contributed by atoms with Gasteiger partial charge in [0.25, 0.3) is 0 Å². The van der Waals surface area contributed by atoms with Crippen LogP contribution in [0.1, 0.15) is 124 Å². The van der Waals surface area contributed by atoms with Gasteiger partial charge in [0, 0.05) is 49.1 Å². The van der Waals surface area contributed by atoms with Crippen molar-refractivity contribution in [1.82, 2.24) is 10.6 Å². The third kappa shape index (κ3) is 18.7. The third-order valence-electron chi connectivity index (χ3n) is 14.0. The quantitative estimate of drug-likeness (QED) is 0.0137. The van der Waals surface area contributed by atoms with E-state index in [1.54, 1.807) is 20.8 Å². The Kier molecular flexibility index (Phi) is 22.9. The van der Waals surface area contributed by atoms with Crippen LogP contribution in [0.4, 0.5) is 4.79 Å². The van der Waals surface area contributed by atoms with Gasteiger partial charge in [-0.25, -0.2) is 4.79 Å². The van der Waals surface area contributed by atoms with Crippen LogP contribution >= 0.6 is 7.92 Å². The van der Waals surface area contributed by atoms with Crippen molar-refractivity contribution in [2.75, 3.05) is 45.8 Å². The monoisotopic (exact) mass is 1070 g/mol. The number of nitrogens with one attached hydrogen (secondary N) is 2. The first-order valence-electron chi connectivity index (χ1n) is 27.7. The molecule has 1 aliphatic rings. The summed E-state index contributed by atoms with van der Waals surface area (Å²) >= 11 is 0. The Morgan fingerprint density at radius 1 is 0.740 bits per heavy atom. The molecular weight excluding hydrogens is 988 g/mol. The number of amides is 2. The van der Waals surface area contributed by atoms with Gasteiger partial charge in [0.15, 0.2) is 11.6 Å². The molecule has 5 aromatic carbocycles. The number of rotatable bonds is 29. The molecule has 0 aromatic heterocycles. The molecule has 0 aliphatic heterocycles. The number of nitrogens with two attached hydrogens (primary N) is 1. The number of fused-ring (bicyclic) bond motifs is 2. The van der Waals surface area contributed by atoms with E-state index in [2.05, 4.69) is 61.0 Å². The zero-order chi connectivity index (χ0) is 55.4. The van der Waals surface area contributed by atoms with Gasteiger partial charge in [-0.05, 0) is 124 Å². The van der Waals surface area contributed by atoms with Crippen LogP contribution in [0.2, 0.25) is 0 Å². The SMILES string of the molecule is CC(C)CCOc1ccc2ccccc2c1-c1c(OCC(=O)C[C@H](CCCCNC(=O)OC(C)(C)C)C(=O)N[C@H](CCCN=C(N)CP(C)C)C(=O)CC2(C(=O)OCc3ccccc3)CCCCC2)ccc2ccccc12. The van der Waals surface area contributed by atoms with Crippen LogP contribution in [0.3, 0.4) is 0 Å². The minimum Gasteiger partial charge on any atom is -0.493 e. The summed E-state index contributed by atoms with van der Waals surface area (Å²) < 4.78 is 24.5. The molecule has 414 valence electrons. The maximum absolute atomic E-state index is 14.8. The molecule has 2 amide bonds. The van der Waals surface area contributed by atoms with Crippen LogP contribution < -0.4 is 25.8 Å². The third-order valence-corrected chi connectivity index (χ3v) is 14.9. The molecule has 0 heterocycles. The zero-order valence-electron chi connectivity index (χ0n) is 46.6. The average Bonchev–Trinajstić information content (AvgIpc) is 3.39. The van der Waals surface area contributed by atoms with Crippen LogP contribution in [0, 0.1) is 17.3 Å². The molecule has 13 nitrogen and oxygen atoms in total. The van der Waals surface area contributed by atoms with Gasteiger partial charge in [0.1, 0.15) is 30.3 Å². The second kappa shape index (κ2) is 29.4.